The molecule has 0 bridgehead atoms. The van der Waals surface area contributed by atoms with Crippen molar-refractivity contribution in [3.05, 3.63) is 53.2 Å². The normalized spacial score (nSPS) is 10.6. The monoisotopic (exact) mass is 249 g/mol. The van der Waals surface area contributed by atoms with Crippen LogP contribution >= 0.6 is 0 Å². The van der Waals surface area contributed by atoms with Gasteiger partial charge in [-0.05, 0) is 31.7 Å². The van der Waals surface area contributed by atoms with Gasteiger partial charge in [-0.3, -0.25) is 0 Å². The Labute approximate surface area is 106 Å². The Morgan fingerprint density at radius 3 is 2.94 bits per heavy atom. The molecule has 2 aromatic rings. The van der Waals surface area contributed by atoms with E-state index in [1.165, 1.54) is 12.1 Å². The average molecular weight is 249 g/mol. The second kappa shape index (κ2) is 5.69. The summed E-state index contributed by atoms with van der Waals surface area (Å²) < 4.78 is 24.0. The summed E-state index contributed by atoms with van der Waals surface area (Å²) in [5, 5.41) is 3.05. The van der Waals surface area contributed by atoms with Crippen molar-refractivity contribution < 1.29 is 13.5 Å². The number of hydrogen-bond acceptors (Lipinski definition) is 3. The van der Waals surface area contributed by atoms with Gasteiger partial charge in [0, 0.05) is 18.2 Å². The first-order valence-corrected chi connectivity index (χ1v) is 5.79. The molecule has 0 unspecified atom stereocenters. The number of ether oxygens (including phenoxy) is 1. The second-order valence-electron chi connectivity index (χ2n) is 4.10. The van der Waals surface area contributed by atoms with Crippen LogP contribution in [0.3, 0.4) is 0 Å². The Morgan fingerprint density at radius 2 is 2.17 bits per heavy atom. The van der Waals surface area contributed by atoms with Gasteiger partial charge in [-0.2, -0.15) is 0 Å². The van der Waals surface area contributed by atoms with E-state index in [4.69, 9.17) is 9.15 Å². The number of halogens is 1. The van der Waals surface area contributed by atoms with Gasteiger partial charge in [0.2, 0.25) is 0 Å². The van der Waals surface area contributed by atoms with Crippen molar-refractivity contribution in [2.45, 2.75) is 20.1 Å². The molecular weight excluding hydrogens is 233 g/mol. The van der Waals surface area contributed by atoms with E-state index in [1.807, 2.05) is 20.0 Å². The van der Waals surface area contributed by atoms with Crippen molar-refractivity contribution in [1.29, 1.82) is 0 Å². The van der Waals surface area contributed by atoms with Gasteiger partial charge >= 0.3 is 0 Å². The van der Waals surface area contributed by atoms with Crippen molar-refractivity contribution in [2.24, 2.45) is 0 Å². The Kier molecular flexibility index (Phi) is 3.99. The Morgan fingerprint density at radius 1 is 1.33 bits per heavy atom. The molecule has 3 nitrogen and oxygen atoms in total. The minimum absolute atomic E-state index is 0.300. The van der Waals surface area contributed by atoms with Gasteiger partial charge in [-0.1, -0.05) is 6.07 Å². The molecule has 1 N–H and O–H groups in total. The lowest BCUT2D eigenvalue weighted by Gasteiger charge is -2.08. The molecule has 0 aliphatic rings. The number of aryl methyl sites for hydroxylation is 1. The van der Waals surface area contributed by atoms with Crippen LogP contribution in [0.2, 0.25) is 0 Å². The van der Waals surface area contributed by atoms with Crippen LogP contribution in [0.1, 0.15) is 16.9 Å². The quantitative estimate of drug-likeness (QED) is 0.884. The average Bonchev–Trinajstić information content (AvgIpc) is 2.78. The van der Waals surface area contributed by atoms with Crippen molar-refractivity contribution in [3.8, 4) is 5.75 Å². The molecule has 1 aromatic heterocycles. The zero-order valence-corrected chi connectivity index (χ0v) is 10.5. The molecule has 0 fully saturated rings. The van der Waals surface area contributed by atoms with Crippen LogP contribution < -0.4 is 10.1 Å². The van der Waals surface area contributed by atoms with Crippen LogP contribution in [0.4, 0.5) is 4.39 Å². The van der Waals surface area contributed by atoms with Crippen molar-refractivity contribution in [3.63, 3.8) is 0 Å². The third-order valence-electron chi connectivity index (χ3n) is 2.71. The highest BCUT2D eigenvalue weighted by Gasteiger charge is 2.08. The zero-order chi connectivity index (χ0) is 13.0. The number of furan rings is 1. The van der Waals surface area contributed by atoms with E-state index in [9.17, 15) is 4.39 Å². The lowest BCUT2D eigenvalue weighted by atomic mass is 10.2. The fourth-order valence-corrected chi connectivity index (χ4v) is 1.71. The first-order valence-electron chi connectivity index (χ1n) is 5.79. The molecule has 4 heteroatoms. The standard InChI is InChI=1S/C14H16FNO2/c1-10-3-4-12(15)7-13(10)18-9-14-11(8-16-2)5-6-17-14/h3-7,16H,8-9H2,1-2H3. The minimum Gasteiger partial charge on any atom is -0.485 e. The molecular formula is C14H16FNO2. The highest BCUT2D eigenvalue weighted by Crippen LogP contribution is 2.21. The summed E-state index contributed by atoms with van der Waals surface area (Å²) in [4.78, 5) is 0. The van der Waals surface area contributed by atoms with Gasteiger partial charge in [0.15, 0.2) is 0 Å². The van der Waals surface area contributed by atoms with Gasteiger partial charge in [0.05, 0.1) is 6.26 Å². The Bertz CT molecular complexity index is 522. The molecule has 0 aliphatic carbocycles. The van der Waals surface area contributed by atoms with Gasteiger partial charge < -0.3 is 14.5 Å². The molecule has 2 rings (SSSR count). The van der Waals surface area contributed by atoms with Crippen LogP contribution in [-0.4, -0.2) is 7.05 Å². The van der Waals surface area contributed by atoms with E-state index in [-0.39, 0.29) is 5.82 Å². The van der Waals surface area contributed by atoms with Crippen LogP contribution in [0.15, 0.2) is 34.9 Å². The van der Waals surface area contributed by atoms with E-state index >= 15 is 0 Å². The summed E-state index contributed by atoms with van der Waals surface area (Å²) in [5.74, 6) is 1.00. The fourth-order valence-electron chi connectivity index (χ4n) is 1.71. The lowest BCUT2D eigenvalue weighted by molar-refractivity contribution is 0.265. The van der Waals surface area contributed by atoms with Gasteiger partial charge in [-0.15, -0.1) is 0 Å². The van der Waals surface area contributed by atoms with Gasteiger partial charge in [0.1, 0.15) is 23.9 Å². The predicted octanol–water partition coefficient (Wildman–Crippen LogP) is 3.03. The van der Waals surface area contributed by atoms with E-state index in [0.717, 1.165) is 23.4 Å². The smallest absolute Gasteiger partial charge is 0.146 e. The van der Waals surface area contributed by atoms with Gasteiger partial charge in [-0.25, -0.2) is 4.39 Å². The summed E-state index contributed by atoms with van der Waals surface area (Å²) in [5.41, 5.74) is 1.95. The molecule has 0 amide bonds. The number of rotatable bonds is 5. The summed E-state index contributed by atoms with van der Waals surface area (Å²) in [6.07, 6.45) is 1.63. The van der Waals surface area contributed by atoms with E-state index in [2.05, 4.69) is 5.32 Å². The number of nitrogens with one attached hydrogen (secondary N) is 1. The largest absolute Gasteiger partial charge is 0.485 e. The maximum atomic E-state index is 13.1. The van der Waals surface area contributed by atoms with Crippen molar-refractivity contribution in [2.75, 3.05) is 7.05 Å². The molecule has 0 spiro atoms. The summed E-state index contributed by atoms with van der Waals surface area (Å²) in [7, 11) is 1.87. The van der Waals surface area contributed by atoms with E-state index in [1.54, 1.807) is 12.3 Å². The van der Waals surface area contributed by atoms with Crippen molar-refractivity contribution >= 4 is 0 Å². The SMILES string of the molecule is CNCc1ccoc1COc1cc(F)ccc1C. The van der Waals surface area contributed by atoms with Crippen LogP contribution in [0.25, 0.3) is 0 Å². The van der Waals surface area contributed by atoms with E-state index in [0.29, 0.717) is 12.4 Å². The predicted molar refractivity (Wildman–Crippen MR) is 66.9 cm³/mol. The molecule has 0 saturated heterocycles. The Balaban J connectivity index is 2.06. The Hall–Kier alpha value is -1.81. The minimum atomic E-state index is -0.300. The molecule has 96 valence electrons. The van der Waals surface area contributed by atoms with Gasteiger partial charge in [0.25, 0.3) is 0 Å². The summed E-state index contributed by atoms with van der Waals surface area (Å²) >= 11 is 0. The van der Waals surface area contributed by atoms with Crippen LogP contribution in [0.5, 0.6) is 5.75 Å². The molecule has 0 aliphatic heterocycles. The molecule has 1 heterocycles. The molecule has 18 heavy (non-hydrogen) atoms. The first-order chi connectivity index (χ1) is 8.70. The van der Waals surface area contributed by atoms with Crippen LogP contribution in [-0.2, 0) is 13.2 Å². The zero-order valence-electron chi connectivity index (χ0n) is 10.5. The maximum Gasteiger partial charge on any atom is 0.146 e. The van der Waals surface area contributed by atoms with Crippen molar-refractivity contribution in [1.82, 2.24) is 5.32 Å². The topological polar surface area (TPSA) is 34.4 Å². The van der Waals surface area contributed by atoms with Crippen LogP contribution in [0, 0.1) is 12.7 Å². The highest BCUT2D eigenvalue weighted by molar-refractivity contribution is 5.33. The number of hydrogen-bond donors (Lipinski definition) is 1. The lowest BCUT2D eigenvalue weighted by Crippen LogP contribution is -2.07. The molecule has 0 atom stereocenters. The molecule has 1 aromatic carbocycles. The number of benzene rings is 1. The van der Waals surface area contributed by atoms with E-state index < -0.39 is 0 Å². The first kappa shape index (κ1) is 12.6. The molecule has 0 radical (unpaired) electrons. The third-order valence-corrected chi connectivity index (χ3v) is 2.71. The second-order valence-corrected chi connectivity index (χ2v) is 4.10. The maximum absolute atomic E-state index is 13.1. The molecule has 0 saturated carbocycles. The summed E-state index contributed by atoms with van der Waals surface area (Å²) in [6.45, 7) is 2.90. The summed E-state index contributed by atoms with van der Waals surface area (Å²) in [6, 6.07) is 6.40. The third kappa shape index (κ3) is 2.90. The fraction of sp³-hybridized carbons (Fsp3) is 0.286. The highest BCUT2D eigenvalue weighted by atomic mass is 19.1.